The van der Waals surface area contributed by atoms with E-state index < -0.39 is 11.4 Å². The standard InChI is InChI=1S/C16H19NO3/c1-12(2)16(11-17,9-4-10-18)14-7-5-13(6-8-14)15(19)20-3/h5-8,10,12H,4,9H2,1-3H3. The minimum absolute atomic E-state index is 0.0661. The molecule has 106 valence electrons. The van der Waals surface area contributed by atoms with Gasteiger partial charge in [-0.15, -0.1) is 0 Å². The smallest absolute Gasteiger partial charge is 0.337 e. The summed E-state index contributed by atoms with van der Waals surface area (Å²) in [5.74, 6) is -0.340. The van der Waals surface area contributed by atoms with E-state index in [9.17, 15) is 14.9 Å². The Bertz CT molecular complexity index is 514. The number of hydrogen-bond acceptors (Lipinski definition) is 4. The lowest BCUT2D eigenvalue weighted by atomic mass is 9.70. The molecular weight excluding hydrogens is 254 g/mol. The van der Waals surface area contributed by atoms with Crippen LogP contribution >= 0.6 is 0 Å². The Balaban J connectivity index is 3.18. The lowest BCUT2D eigenvalue weighted by Gasteiger charge is -2.30. The predicted molar refractivity (Wildman–Crippen MR) is 75.2 cm³/mol. The van der Waals surface area contributed by atoms with E-state index in [0.29, 0.717) is 18.4 Å². The van der Waals surface area contributed by atoms with Crippen molar-refractivity contribution >= 4 is 12.3 Å². The number of aldehydes is 1. The summed E-state index contributed by atoms with van der Waals surface area (Å²) in [6.45, 7) is 3.92. The predicted octanol–water partition coefficient (Wildman–Crippen LogP) is 2.87. The molecule has 1 unspecified atom stereocenters. The first-order valence-corrected chi connectivity index (χ1v) is 6.55. The van der Waals surface area contributed by atoms with Gasteiger partial charge in [0.1, 0.15) is 6.29 Å². The average Bonchev–Trinajstić information content (AvgIpc) is 2.48. The summed E-state index contributed by atoms with van der Waals surface area (Å²) in [6.07, 6.45) is 1.64. The van der Waals surface area contributed by atoms with Gasteiger partial charge in [-0.1, -0.05) is 26.0 Å². The van der Waals surface area contributed by atoms with Crippen molar-refractivity contribution in [2.24, 2.45) is 5.92 Å². The van der Waals surface area contributed by atoms with Crippen LogP contribution in [0.2, 0.25) is 0 Å². The van der Waals surface area contributed by atoms with Crippen LogP contribution in [-0.4, -0.2) is 19.4 Å². The minimum Gasteiger partial charge on any atom is -0.465 e. The van der Waals surface area contributed by atoms with E-state index in [2.05, 4.69) is 10.8 Å². The van der Waals surface area contributed by atoms with E-state index in [0.717, 1.165) is 11.8 Å². The Labute approximate surface area is 119 Å². The Hall–Kier alpha value is -2.15. The summed E-state index contributed by atoms with van der Waals surface area (Å²) in [7, 11) is 1.33. The number of ether oxygens (including phenoxy) is 1. The van der Waals surface area contributed by atoms with Crippen molar-refractivity contribution in [3.05, 3.63) is 35.4 Å². The molecule has 0 spiro atoms. The fourth-order valence-electron chi connectivity index (χ4n) is 2.32. The maximum Gasteiger partial charge on any atom is 0.337 e. The molecule has 0 saturated carbocycles. The summed E-state index contributed by atoms with van der Waals surface area (Å²) < 4.78 is 4.65. The first kappa shape index (κ1) is 15.9. The normalized spacial score (nSPS) is 13.3. The molecule has 0 fully saturated rings. The van der Waals surface area contributed by atoms with Crippen LogP contribution < -0.4 is 0 Å². The number of carbonyl (C=O) groups excluding carboxylic acids is 2. The fraction of sp³-hybridized carbons (Fsp3) is 0.438. The van der Waals surface area contributed by atoms with E-state index in [1.807, 2.05) is 13.8 Å². The van der Waals surface area contributed by atoms with Crippen LogP contribution in [-0.2, 0) is 14.9 Å². The van der Waals surface area contributed by atoms with Crippen LogP contribution in [0, 0.1) is 17.2 Å². The maximum absolute atomic E-state index is 11.4. The molecule has 0 aromatic heterocycles. The monoisotopic (exact) mass is 273 g/mol. The summed E-state index contributed by atoms with van der Waals surface area (Å²) >= 11 is 0. The van der Waals surface area contributed by atoms with Crippen molar-refractivity contribution in [3.8, 4) is 6.07 Å². The van der Waals surface area contributed by atoms with E-state index in [1.165, 1.54) is 7.11 Å². The van der Waals surface area contributed by atoms with E-state index in [1.54, 1.807) is 24.3 Å². The molecule has 1 rings (SSSR count). The van der Waals surface area contributed by atoms with Gasteiger partial charge in [0.25, 0.3) is 0 Å². The third-order valence-electron chi connectivity index (χ3n) is 3.66. The van der Waals surface area contributed by atoms with Crippen LogP contribution in [0.5, 0.6) is 0 Å². The highest BCUT2D eigenvalue weighted by molar-refractivity contribution is 5.89. The van der Waals surface area contributed by atoms with Crippen LogP contribution in [0.1, 0.15) is 42.6 Å². The second-order valence-electron chi connectivity index (χ2n) is 5.01. The van der Waals surface area contributed by atoms with Gasteiger partial charge in [-0.25, -0.2) is 4.79 Å². The lowest BCUT2D eigenvalue weighted by Crippen LogP contribution is -2.31. The second kappa shape index (κ2) is 6.85. The highest BCUT2D eigenvalue weighted by Gasteiger charge is 2.35. The van der Waals surface area contributed by atoms with Crippen LogP contribution in [0.3, 0.4) is 0 Å². The number of benzene rings is 1. The lowest BCUT2D eigenvalue weighted by molar-refractivity contribution is -0.108. The number of rotatable bonds is 6. The van der Waals surface area contributed by atoms with Gasteiger partial charge in [-0.3, -0.25) is 0 Å². The Morgan fingerprint density at radius 3 is 2.40 bits per heavy atom. The molecule has 0 heterocycles. The molecule has 0 bridgehead atoms. The molecule has 0 aliphatic carbocycles. The van der Waals surface area contributed by atoms with Crippen molar-refractivity contribution < 1.29 is 14.3 Å². The SMILES string of the molecule is COC(=O)c1ccc(C(C#N)(CCC=O)C(C)C)cc1. The molecule has 1 atom stereocenters. The molecule has 4 nitrogen and oxygen atoms in total. The number of nitriles is 1. The van der Waals surface area contributed by atoms with Gasteiger partial charge in [0, 0.05) is 6.42 Å². The number of carbonyl (C=O) groups is 2. The van der Waals surface area contributed by atoms with Crippen molar-refractivity contribution in [3.63, 3.8) is 0 Å². The molecule has 1 aromatic rings. The summed E-state index contributed by atoms with van der Waals surface area (Å²) in [4.78, 5) is 22.0. The zero-order chi connectivity index (χ0) is 15.2. The number of esters is 1. The molecule has 0 aliphatic rings. The van der Waals surface area contributed by atoms with Gasteiger partial charge in [-0.2, -0.15) is 5.26 Å². The average molecular weight is 273 g/mol. The Kier molecular flexibility index (Phi) is 5.45. The van der Waals surface area contributed by atoms with Crippen molar-refractivity contribution in [1.82, 2.24) is 0 Å². The van der Waals surface area contributed by atoms with Gasteiger partial charge >= 0.3 is 5.97 Å². The third kappa shape index (κ3) is 3.05. The maximum atomic E-state index is 11.4. The number of nitrogens with zero attached hydrogens (tertiary/aromatic N) is 1. The third-order valence-corrected chi connectivity index (χ3v) is 3.66. The quantitative estimate of drug-likeness (QED) is 0.590. The molecule has 0 saturated heterocycles. The second-order valence-corrected chi connectivity index (χ2v) is 5.01. The summed E-state index contributed by atoms with van der Waals surface area (Å²) in [6, 6.07) is 9.18. The van der Waals surface area contributed by atoms with Crippen LogP contribution in [0.15, 0.2) is 24.3 Å². The molecule has 4 heteroatoms. The van der Waals surface area contributed by atoms with E-state index >= 15 is 0 Å². The van der Waals surface area contributed by atoms with Crippen LogP contribution in [0.4, 0.5) is 0 Å². The van der Waals surface area contributed by atoms with Gasteiger partial charge < -0.3 is 9.53 Å². The fourth-order valence-corrected chi connectivity index (χ4v) is 2.32. The molecule has 0 radical (unpaired) electrons. The van der Waals surface area contributed by atoms with Crippen molar-refractivity contribution in [1.29, 1.82) is 5.26 Å². The zero-order valence-electron chi connectivity index (χ0n) is 12.1. The topological polar surface area (TPSA) is 67.2 Å². The number of methoxy groups -OCH3 is 1. The van der Waals surface area contributed by atoms with Gasteiger partial charge in [0.15, 0.2) is 0 Å². The molecular formula is C16H19NO3. The summed E-state index contributed by atoms with van der Waals surface area (Å²) in [5.41, 5.74) is 0.557. The minimum atomic E-state index is -0.713. The van der Waals surface area contributed by atoms with Gasteiger partial charge in [-0.05, 0) is 30.0 Å². The first-order valence-electron chi connectivity index (χ1n) is 6.55. The highest BCUT2D eigenvalue weighted by Crippen LogP contribution is 2.36. The molecule has 1 aromatic carbocycles. The van der Waals surface area contributed by atoms with Gasteiger partial charge in [0.2, 0.25) is 0 Å². The molecule has 0 aliphatic heterocycles. The van der Waals surface area contributed by atoms with Crippen LogP contribution in [0.25, 0.3) is 0 Å². The molecule has 0 amide bonds. The largest absolute Gasteiger partial charge is 0.465 e. The van der Waals surface area contributed by atoms with Crippen molar-refractivity contribution in [2.45, 2.75) is 32.1 Å². The first-order chi connectivity index (χ1) is 9.51. The Morgan fingerprint density at radius 2 is 2.00 bits per heavy atom. The van der Waals surface area contributed by atoms with E-state index in [4.69, 9.17) is 0 Å². The number of hydrogen-bond donors (Lipinski definition) is 0. The van der Waals surface area contributed by atoms with Crippen molar-refractivity contribution in [2.75, 3.05) is 7.11 Å². The Morgan fingerprint density at radius 1 is 1.40 bits per heavy atom. The zero-order valence-corrected chi connectivity index (χ0v) is 12.1. The molecule has 0 N–H and O–H groups in total. The highest BCUT2D eigenvalue weighted by atomic mass is 16.5. The van der Waals surface area contributed by atoms with Gasteiger partial charge in [0.05, 0.1) is 24.2 Å². The van der Waals surface area contributed by atoms with E-state index in [-0.39, 0.29) is 5.92 Å². The summed E-state index contributed by atoms with van der Waals surface area (Å²) in [5, 5.41) is 9.59. The molecule has 20 heavy (non-hydrogen) atoms.